The lowest BCUT2D eigenvalue weighted by Crippen LogP contribution is -2.15. The maximum Gasteiger partial charge on any atom is 0.249 e. The van der Waals surface area contributed by atoms with Crippen molar-refractivity contribution in [1.82, 2.24) is 9.97 Å². The molecule has 6 nitrogen and oxygen atoms in total. The van der Waals surface area contributed by atoms with Crippen LogP contribution in [0.1, 0.15) is 25.3 Å². The summed E-state index contributed by atoms with van der Waals surface area (Å²) in [5, 5.41) is 8.05. The van der Waals surface area contributed by atoms with Gasteiger partial charge in [-0.25, -0.2) is 4.98 Å². The smallest absolute Gasteiger partial charge is 0.249 e. The molecule has 0 radical (unpaired) electrons. The van der Waals surface area contributed by atoms with E-state index in [1.54, 1.807) is 12.3 Å². The van der Waals surface area contributed by atoms with Crippen molar-refractivity contribution in [3.63, 3.8) is 0 Å². The quantitative estimate of drug-likeness (QED) is 0.485. The summed E-state index contributed by atoms with van der Waals surface area (Å²) in [4.78, 5) is 7.47. The molecule has 0 aromatic carbocycles. The molecule has 2 heterocycles. The zero-order valence-electron chi connectivity index (χ0n) is 11.8. The van der Waals surface area contributed by atoms with Crippen molar-refractivity contribution in [2.75, 3.05) is 5.75 Å². The zero-order chi connectivity index (χ0) is 15.5. The first-order valence-corrected chi connectivity index (χ1v) is 8.36. The van der Waals surface area contributed by atoms with Crippen LogP contribution >= 0.6 is 0 Å². The molecule has 2 rings (SSSR count). The monoisotopic (exact) mass is 307 g/mol. The van der Waals surface area contributed by atoms with Gasteiger partial charge in [0.1, 0.15) is 11.4 Å². The lowest BCUT2D eigenvalue weighted by molar-refractivity contribution is 0.494. The van der Waals surface area contributed by atoms with Gasteiger partial charge >= 0.3 is 0 Å². The third-order valence-corrected chi connectivity index (χ3v) is 5.10. The highest BCUT2D eigenvalue weighted by Crippen LogP contribution is 2.27. The Balaban J connectivity index is 2.52. The van der Waals surface area contributed by atoms with E-state index in [0.29, 0.717) is 33.5 Å². The molecule has 21 heavy (non-hydrogen) atoms. The summed E-state index contributed by atoms with van der Waals surface area (Å²) in [5.74, 6) is 0.223. The molecular formula is C14H19N4O2S+. The third kappa shape index (κ3) is 3.03. The second-order valence-electron chi connectivity index (χ2n) is 4.73. The van der Waals surface area contributed by atoms with E-state index in [1.807, 2.05) is 6.92 Å². The van der Waals surface area contributed by atoms with Crippen LogP contribution in [0.2, 0.25) is 0 Å². The minimum atomic E-state index is -3.08. The number of pyridine rings is 1. The van der Waals surface area contributed by atoms with Crippen LogP contribution in [0.25, 0.3) is 16.6 Å². The van der Waals surface area contributed by atoms with E-state index in [2.05, 4.69) is 9.97 Å². The Kier molecular flexibility index (Phi) is 4.54. The van der Waals surface area contributed by atoms with Gasteiger partial charge in [-0.1, -0.05) is 17.6 Å². The van der Waals surface area contributed by atoms with Gasteiger partial charge in [-0.3, -0.25) is 0 Å². The highest BCUT2D eigenvalue weighted by Gasteiger charge is 2.29. The maximum atomic E-state index is 12.4. The molecule has 2 aromatic rings. The number of nitrogens with zero attached hydrogens (tertiary/aromatic N) is 1. The number of nitrogens with one attached hydrogen (secondary N) is 2. The van der Waals surface area contributed by atoms with Gasteiger partial charge in [0, 0.05) is 41.2 Å². The molecule has 1 unspecified atom stereocenters. The lowest BCUT2D eigenvalue weighted by Gasteiger charge is -2.04. The van der Waals surface area contributed by atoms with Gasteiger partial charge in [0.2, 0.25) is 15.1 Å². The molecule has 112 valence electrons. The molecule has 0 amide bonds. The number of aromatic nitrogens is 2. The Hall–Kier alpha value is -1.99. The molecule has 0 aliphatic rings. The molecule has 0 aliphatic carbocycles. The van der Waals surface area contributed by atoms with Gasteiger partial charge in [-0.15, -0.1) is 0 Å². The molecule has 0 spiro atoms. The van der Waals surface area contributed by atoms with E-state index in [1.165, 1.54) is 12.4 Å². The average Bonchev–Trinajstić information content (AvgIpc) is 2.90. The Morgan fingerprint density at radius 2 is 2.38 bits per heavy atom. The van der Waals surface area contributed by atoms with Crippen LogP contribution in [0.3, 0.4) is 0 Å². The number of rotatable bonds is 6. The minimum Gasteiger partial charge on any atom is -0.404 e. The normalized spacial score (nSPS) is 15.0. The van der Waals surface area contributed by atoms with Crippen molar-refractivity contribution in [1.29, 1.82) is 5.41 Å². The summed E-state index contributed by atoms with van der Waals surface area (Å²) in [6.45, 7) is 1.98. The van der Waals surface area contributed by atoms with E-state index in [0.717, 1.165) is 12.6 Å². The zero-order valence-corrected chi connectivity index (χ0v) is 12.6. The number of hydrogen-bond acceptors (Lipinski definition) is 4. The predicted octanol–water partition coefficient (Wildman–Crippen LogP) is 2.64. The van der Waals surface area contributed by atoms with Crippen LogP contribution in [-0.2, 0) is 14.4 Å². The summed E-state index contributed by atoms with van der Waals surface area (Å²) in [7, 11) is -3.08. The summed E-state index contributed by atoms with van der Waals surface area (Å²) in [6, 6.07) is 1.65. The number of H-pyrrole nitrogens is 1. The fourth-order valence-electron chi connectivity index (χ4n) is 2.07. The number of nitrogens with two attached hydrogens (primary N) is 1. The number of aromatic amines is 1. The summed E-state index contributed by atoms with van der Waals surface area (Å²) < 4.78 is 22.5. The van der Waals surface area contributed by atoms with Gasteiger partial charge in [0.05, 0.1) is 6.20 Å². The number of allylic oxidation sites excluding steroid dienone is 1. The van der Waals surface area contributed by atoms with Gasteiger partial charge < -0.3 is 16.1 Å². The lowest BCUT2D eigenvalue weighted by atomic mass is 10.1. The van der Waals surface area contributed by atoms with Crippen LogP contribution in [0, 0.1) is 5.41 Å². The molecule has 0 fully saturated rings. The topological polar surface area (TPSA) is 116 Å². The van der Waals surface area contributed by atoms with Crippen LogP contribution < -0.4 is 5.73 Å². The Morgan fingerprint density at radius 1 is 1.62 bits per heavy atom. The van der Waals surface area contributed by atoms with Gasteiger partial charge in [0.15, 0.2) is 0 Å². The molecule has 2 aromatic heterocycles. The Bertz CT molecular complexity index is 736. The highest BCUT2D eigenvalue weighted by atomic mass is 32.3. The molecule has 0 saturated carbocycles. The van der Waals surface area contributed by atoms with Crippen LogP contribution in [-0.4, -0.2) is 26.5 Å². The number of fused-ring (bicyclic) bond motifs is 1. The van der Waals surface area contributed by atoms with E-state index in [-0.39, 0.29) is 5.75 Å². The maximum absolute atomic E-state index is 12.4. The Labute approximate surface area is 124 Å². The van der Waals surface area contributed by atoms with Crippen molar-refractivity contribution in [3.8, 4) is 0 Å². The standard InChI is InChI=1S/C14H18N4O2S/c1-2-3-4-21(19,20)11-5-12-13(10(6-15)7-16)9-18-14(12)17-8-11/h5-9,15H,2-4,16H2,1H3,(H-,17,18,19,20)/p+1/b10-7+,15-6?. The van der Waals surface area contributed by atoms with Crippen molar-refractivity contribution in [2.45, 2.75) is 24.7 Å². The molecule has 0 aliphatic heterocycles. The molecular weight excluding hydrogens is 288 g/mol. The van der Waals surface area contributed by atoms with Crippen molar-refractivity contribution in [2.24, 2.45) is 5.73 Å². The third-order valence-electron chi connectivity index (χ3n) is 3.29. The van der Waals surface area contributed by atoms with Gasteiger partial charge in [0.25, 0.3) is 0 Å². The molecule has 0 saturated heterocycles. The van der Waals surface area contributed by atoms with Gasteiger partial charge in [-0.05, 0) is 6.42 Å². The van der Waals surface area contributed by atoms with Crippen LogP contribution in [0.15, 0.2) is 29.6 Å². The average molecular weight is 307 g/mol. The first-order chi connectivity index (χ1) is 10.0. The second kappa shape index (κ2) is 6.19. The first kappa shape index (κ1) is 15.4. The first-order valence-electron chi connectivity index (χ1n) is 6.67. The molecule has 1 atom stereocenters. The van der Waals surface area contributed by atoms with Crippen molar-refractivity contribution in [3.05, 3.63) is 30.2 Å². The van der Waals surface area contributed by atoms with Crippen molar-refractivity contribution < 1.29 is 8.76 Å². The van der Waals surface area contributed by atoms with E-state index in [9.17, 15) is 8.76 Å². The highest BCUT2D eigenvalue weighted by molar-refractivity contribution is 7.97. The SMILES string of the molecule is CCCC[S+](=O)(O)c1cnc2[nH]cc(/C(C=N)=C/N)c2c1. The summed E-state index contributed by atoms with van der Waals surface area (Å²) in [6.07, 6.45) is 7.13. The predicted molar refractivity (Wildman–Crippen MR) is 85.8 cm³/mol. The largest absolute Gasteiger partial charge is 0.404 e. The second-order valence-corrected chi connectivity index (χ2v) is 6.89. The van der Waals surface area contributed by atoms with Gasteiger partial charge in [-0.2, -0.15) is 4.55 Å². The molecule has 5 N–H and O–H groups in total. The summed E-state index contributed by atoms with van der Waals surface area (Å²) in [5.41, 5.74) is 7.32. The molecule has 7 heteroatoms. The fourth-order valence-corrected chi connectivity index (χ4v) is 3.51. The Morgan fingerprint density at radius 3 is 3.00 bits per heavy atom. The van der Waals surface area contributed by atoms with E-state index < -0.39 is 10.2 Å². The fraction of sp³-hybridized carbons (Fsp3) is 0.286. The van der Waals surface area contributed by atoms with E-state index in [4.69, 9.17) is 11.1 Å². The van der Waals surface area contributed by atoms with Crippen molar-refractivity contribution >= 4 is 33.0 Å². The minimum absolute atomic E-state index is 0.223. The van der Waals surface area contributed by atoms with E-state index >= 15 is 0 Å². The van der Waals surface area contributed by atoms with Crippen LogP contribution in [0.5, 0.6) is 0 Å². The molecule has 0 bridgehead atoms. The number of unbranched alkanes of at least 4 members (excludes halogenated alkanes) is 1. The summed E-state index contributed by atoms with van der Waals surface area (Å²) >= 11 is 0. The number of hydrogen-bond donors (Lipinski definition) is 4. The van der Waals surface area contributed by atoms with Crippen LogP contribution in [0.4, 0.5) is 0 Å².